The number of aryl methyl sites for hydroxylation is 2. The van der Waals surface area contributed by atoms with Crippen LogP contribution in [0.2, 0.25) is 5.02 Å². The summed E-state index contributed by atoms with van der Waals surface area (Å²) in [6.07, 6.45) is 5.93. The molecule has 0 bridgehead atoms. The summed E-state index contributed by atoms with van der Waals surface area (Å²) in [4.78, 5) is 7.29. The molecule has 0 aliphatic carbocycles. The Morgan fingerprint density at radius 1 is 0.960 bits per heavy atom. The number of piperidine rings is 1. The zero-order chi connectivity index (χ0) is 17.4. The lowest BCUT2D eigenvalue weighted by molar-refractivity contribution is 0.219. The van der Waals surface area contributed by atoms with Crippen LogP contribution in [-0.2, 0) is 6.54 Å². The molecule has 130 valence electrons. The van der Waals surface area contributed by atoms with Crippen molar-refractivity contribution in [3.63, 3.8) is 0 Å². The highest BCUT2D eigenvalue weighted by Crippen LogP contribution is 2.31. The fourth-order valence-electron chi connectivity index (χ4n) is 4.12. The summed E-state index contributed by atoms with van der Waals surface area (Å²) in [5.41, 5.74) is 4.87. The van der Waals surface area contributed by atoms with Gasteiger partial charge in [0.1, 0.15) is 0 Å². The smallest absolute Gasteiger partial charge is 0.0640 e. The van der Waals surface area contributed by atoms with E-state index in [0.29, 0.717) is 0 Å². The Morgan fingerprint density at radius 2 is 1.68 bits per heavy atom. The molecule has 1 saturated heterocycles. The van der Waals surface area contributed by atoms with Gasteiger partial charge in [0.15, 0.2) is 0 Å². The molecule has 3 nitrogen and oxygen atoms in total. The number of rotatable bonds is 3. The van der Waals surface area contributed by atoms with Crippen LogP contribution in [0.5, 0.6) is 0 Å². The van der Waals surface area contributed by atoms with Gasteiger partial charge < -0.3 is 4.57 Å². The molecule has 1 aliphatic rings. The molecule has 0 unspecified atom stereocenters. The molecule has 2 aromatic heterocycles. The highest BCUT2D eigenvalue weighted by molar-refractivity contribution is 6.30. The highest BCUT2D eigenvalue weighted by atomic mass is 35.5. The molecule has 0 saturated carbocycles. The highest BCUT2D eigenvalue weighted by Gasteiger charge is 2.18. The summed E-state index contributed by atoms with van der Waals surface area (Å²) in [6.45, 7) is 7.71. The Morgan fingerprint density at radius 3 is 2.40 bits per heavy atom. The molecule has 0 N–H and O–H groups in total. The number of pyridine rings is 1. The average molecular weight is 354 g/mol. The van der Waals surface area contributed by atoms with E-state index in [0.717, 1.165) is 17.3 Å². The van der Waals surface area contributed by atoms with E-state index in [1.165, 1.54) is 60.2 Å². The van der Waals surface area contributed by atoms with Crippen molar-refractivity contribution >= 4 is 22.4 Å². The summed E-state index contributed by atoms with van der Waals surface area (Å²) < 4.78 is 2.32. The lowest BCUT2D eigenvalue weighted by atomic mass is 10.1. The second-order valence-corrected chi connectivity index (χ2v) is 7.44. The van der Waals surface area contributed by atoms with E-state index in [2.05, 4.69) is 41.5 Å². The zero-order valence-electron chi connectivity index (χ0n) is 14.9. The molecular formula is C21H24ClN3. The van der Waals surface area contributed by atoms with Crippen molar-refractivity contribution < 1.29 is 0 Å². The van der Waals surface area contributed by atoms with Gasteiger partial charge in [-0.25, -0.2) is 0 Å². The van der Waals surface area contributed by atoms with Crippen LogP contribution in [0.1, 0.15) is 36.3 Å². The SMILES string of the molecule is Cc1c2ccnc(CN3CCCCC3)c2c(C)n1-c1ccc(Cl)cc1. The summed E-state index contributed by atoms with van der Waals surface area (Å²) in [5.74, 6) is 0. The Kier molecular flexibility index (Phi) is 4.53. The molecule has 3 aromatic rings. The van der Waals surface area contributed by atoms with E-state index in [9.17, 15) is 0 Å². The quantitative estimate of drug-likeness (QED) is 0.638. The van der Waals surface area contributed by atoms with Crippen molar-refractivity contribution in [2.75, 3.05) is 13.1 Å². The lowest BCUT2D eigenvalue weighted by Crippen LogP contribution is -2.29. The Balaban J connectivity index is 1.81. The standard InChI is InChI=1S/C21H24ClN3/c1-15-19-10-11-23-20(14-24-12-4-3-5-13-24)21(19)16(2)25(15)18-8-6-17(22)7-9-18/h6-11H,3-5,12-14H2,1-2H3. The van der Waals surface area contributed by atoms with Crippen LogP contribution in [0.25, 0.3) is 16.5 Å². The molecule has 3 heterocycles. The molecule has 1 aliphatic heterocycles. The number of likely N-dealkylation sites (tertiary alicyclic amines) is 1. The molecular weight excluding hydrogens is 330 g/mol. The molecule has 0 radical (unpaired) electrons. The third kappa shape index (κ3) is 3.07. The molecule has 0 atom stereocenters. The fourth-order valence-corrected chi connectivity index (χ4v) is 4.25. The predicted molar refractivity (Wildman–Crippen MR) is 105 cm³/mol. The second kappa shape index (κ2) is 6.81. The third-order valence-corrected chi connectivity index (χ3v) is 5.61. The normalized spacial score (nSPS) is 15.8. The van der Waals surface area contributed by atoms with Crippen LogP contribution in [0.15, 0.2) is 36.5 Å². The van der Waals surface area contributed by atoms with Gasteiger partial charge in [-0.05, 0) is 70.1 Å². The first-order chi connectivity index (χ1) is 12.1. The van der Waals surface area contributed by atoms with Crippen LogP contribution in [-0.4, -0.2) is 27.5 Å². The Hall–Kier alpha value is -1.84. The van der Waals surface area contributed by atoms with Gasteiger partial charge in [0.2, 0.25) is 0 Å². The third-order valence-electron chi connectivity index (χ3n) is 5.36. The van der Waals surface area contributed by atoms with Crippen molar-refractivity contribution in [1.29, 1.82) is 0 Å². The van der Waals surface area contributed by atoms with Gasteiger partial charge >= 0.3 is 0 Å². The van der Waals surface area contributed by atoms with Crippen molar-refractivity contribution in [3.8, 4) is 5.69 Å². The first kappa shape index (κ1) is 16.6. The number of hydrogen-bond donors (Lipinski definition) is 0. The van der Waals surface area contributed by atoms with E-state index in [1.54, 1.807) is 0 Å². The predicted octanol–water partition coefficient (Wildman–Crippen LogP) is 5.28. The van der Waals surface area contributed by atoms with Gasteiger partial charge in [0, 0.05) is 45.6 Å². The van der Waals surface area contributed by atoms with Crippen molar-refractivity contribution in [3.05, 3.63) is 58.6 Å². The minimum Gasteiger partial charge on any atom is -0.317 e. The second-order valence-electron chi connectivity index (χ2n) is 7.00. The monoisotopic (exact) mass is 353 g/mol. The van der Waals surface area contributed by atoms with Crippen molar-refractivity contribution in [2.24, 2.45) is 0 Å². The van der Waals surface area contributed by atoms with Crippen LogP contribution < -0.4 is 0 Å². The molecule has 25 heavy (non-hydrogen) atoms. The minimum absolute atomic E-state index is 0.767. The Bertz CT molecular complexity index is 890. The van der Waals surface area contributed by atoms with Gasteiger partial charge in [0.25, 0.3) is 0 Å². The van der Waals surface area contributed by atoms with E-state index >= 15 is 0 Å². The maximum atomic E-state index is 6.07. The molecule has 0 spiro atoms. The fraction of sp³-hybridized carbons (Fsp3) is 0.381. The topological polar surface area (TPSA) is 21.1 Å². The maximum Gasteiger partial charge on any atom is 0.0640 e. The minimum atomic E-state index is 0.767. The molecule has 4 rings (SSSR count). The number of benzene rings is 1. The molecule has 4 heteroatoms. The number of hydrogen-bond acceptors (Lipinski definition) is 2. The molecule has 1 aromatic carbocycles. The summed E-state index contributed by atoms with van der Waals surface area (Å²) in [7, 11) is 0. The summed E-state index contributed by atoms with van der Waals surface area (Å²) >= 11 is 6.07. The van der Waals surface area contributed by atoms with Gasteiger partial charge in [-0.3, -0.25) is 9.88 Å². The van der Waals surface area contributed by atoms with E-state index in [-0.39, 0.29) is 0 Å². The number of halogens is 1. The maximum absolute atomic E-state index is 6.07. The average Bonchev–Trinajstić information content (AvgIpc) is 2.89. The van der Waals surface area contributed by atoms with Gasteiger partial charge in [0.05, 0.1) is 5.69 Å². The van der Waals surface area contributed by atoms with E-state index < -0.39 is 0 Å². The first-order valence-electron chi connectivity index (χ1n) is 9.09. The van der Waals surface area contributed by atoms with Gasteiger partial charge in [-0.2, -0.15) is 0 Å². The summed E-state index contributed by atoms with van der Waals surface area (Å²) in [6, 6.07) is 10.2. The van der Waals surface area contributed by atoms with E-state index in [1.807, 2.05) is 18.3 Å². The number of fused-ring (bicyclic) bond motifs is 1. The van der Waals surface area contributed by atoms with Crippen molar-refractivity contribution in [2.45, 2.75) is 39.7 Å². The Labute approximate surface area is 154 Å². The van der Waals surface area contributed by atoms with Crippen molar-refractivity contribution in [1.82, 2.24) is 14.5 Å². The molecule has 0 amide bonds. The van der Waals surface area contributed by atoms with E-state index in [4.69, 9.17) is 16.6 Å². The van der Waals surface area contributed by atoms with Crippen LogP contribution in [0.4, 0.5) is 0 Å². The van der Waals surface area contributed by atoms with Crippen LogP contribution in [0, 0.1) is 13.8 Å². The largest absolute Gasteiger partial charge is 0.317 e. The number of nitrogens with zero attached hydrogens (tertiary/aromatic N) is 3. The van der Waals surface area contributed by atoms with Crippen LogP contribution in [0.3, 0.4) is 0 Å². The first-order valence-corrected chi connectivity index (χ1v) is 9.47. The lowest BCUT2D eigenvalue weighted by Gasteiger charge is -2.26. The van der Waals surface area contributed by atoms with Gasteiger partial charge in [-0.15, -0.1) is 0 Å². The zero-order valence-corrected chi connectivity index (χ0v) is 15.7. The summed E-state index contributed by atoms with van der Waals surface area (Å²) in [5, 5.41) is 3.37. The number of aromatic nitrogens is 2. The molecule has 1 fully saturated rings. The van der Waals surface area contributed by atoms with Crippen LogP contribution >= 0.6 is 11.6 Å². The van der Waals surface area contributed by atoms with Gasteiger partial charge in [-0.1, -0.05) is 18.0 Å².